The van der Waals surface area contributed by atoms with Crippen LogP contribution in [-0.2, 0) is 14.3 Å². The molecule has 0 aliphatic rings. The van der Waals surface area contributed by atoms with Crippen LogP contribution in [0.1, 0.15) is 6.92 Å². The Kier molecular flexibility index (Phi) is 5.15. The van der Waals surface area contributed by atoms with E-state index in [0.29, 0.717) is 0 Å². The summed E-state index contributed by atoms with van der Waals surface area (Å²) in [5.41, 5.74) is 0. The van der Waals surface area contributed by atoms with Gasteiger partial charge in [0, 0.05) is 0 Å². The predicted octanol–water partition coefficient (Wildman–Crippen LogP) is -0.575. The number of aliphatic hydroxyl groups is 1. The fraction of sp³-hybridized carbons (Fsp3) is 0.800. The number of ether oxygens (including phenoxy) is 2. The van der Waals surface area contributed by atoms with Crippen molar-refractivity contribution in [3.05, 3.63) is 0 Å². The Morgan fingerprint density at radius 2 is 2.44 bits per heavy atom. The molecule has 1 unspecified atom stereocenters. The lowest BCUT2D eigenvalue weighted by molar-refractivity contribution is -0.0308. The van der Waals surface area contributed by atoms with Crippen LogP contribution in [0.2, 0.25) is 0 Å². The quantitative estimate of drug-likeness (QED) is 0.403. The van der Waals surface area contributed by atoms with Gasteiger partial charge in [-0.25, -0.2) is 4.79 Å². The maximum absolute atomic E-state index is 9.36. The maximum atomic E-state index is 9.36. The zero-order valence-electron chi connectivity index (χ0n) is 5.16. The van der Waals surface area contributed by atoms with Gasteiger partial charge in [-0.15, -0.1) is 0 Å². The molecule has 0 amide bonds. The average Bonchev–Trinajstić information content (AvgIpc) is 1.80. The molecule has 0 fully saturated rings. The summed E-state index contributed by atoms with van der Waals surface area (Å²) in [6, 6.07) is 0. The highest BCUT2D eigenvalue weighted by Crippen LogP contribution is 1.81. The van der Waals surface area contributed by atoms with Crippen LogP contribution >= 0.6 is 0 Å². The zero-order chi connectivity index (χ0) is 7.11. The third-order valence-corrected chi connectivity index (χ3v) is 0.560. The van der Waals surface area contributed by atoms with E-state index in [1.54, 1.807) is 6.92 Å². The molecule has 1 atom stereocenters. The fourth-order valence-corrected chi connectivity index (χ4v) is 0.284. The molecule has 0 rings (SSSR count). The first-order chi connectivity index (χ1) is 4.27. The van der Waals surface area contributed by atoms with Crippen molar-refractivity contribution in [3.63, 3.8) is 0 Å². The van der Waals surface area contributed by atoms with Gasteiger partial charge in [0.2, 0.25) is 0 Å². The van der Waals surface area contributed by atoms with Crippen LogP contribution in [0.3, 0.4) is 0 Å². The summed E-state index contributed by atoms with van der Waals surface area (Å²) in [7, 11) is 0. The molecule has 0 saturated heterocycles. The summed E-state index contributed by atoms with van der Waals surface area (Å²) in [5.74, 6) is 0. The minimum Gasteiger partial charge on any atom is -0.430 e. The van der Waals surface area contributed by atoms with Crippen LogP contribution in [0.25, 0.3) is 0 Å². The number of carbonyl (C=O) groups excluding carboxylic acids is 1. The third kappa shape index (κ3) is 7.39. The fourth-order valence-electron chi connectivity index (χ4n) is 0.284. The van der Waals surface area contributed by atoms with Gasteiger partial charge in [0.25, 0.3) is 0 Å². The molecule has 4 nitrogen and oxygen atoms in total. The van der Waals surface area contributed by atoms with Crippen molar-refractivity contribution in [2.24, 2.45) is 0 Å². The van der Waals surface area contributed by atoms with E-state index in [1.165, 1.54) is 6.47 Å². The highest BCUT2D eigenvalue weighted by molar-refractivity contribution is 5.37. The van der Waals surface area contributed by atoms with Crippen LogP contribution in [0.15, 0.2) is 0 Å². The molecule has 1 radical (unpaired) electrons. The molecule has 1 N–H and O–H groups in total. The van der Waals surface area contributed by atoms with Gasteiger partial charge in [0.05, 0.1) is 12.7 Å². The highest BCUT2D eigenvalue weighted by Gasteiger charge is 1.93. The first-order valence-corrected chi connectivity index (χ1v) is 2.52. The van der Waals surface area contributed by atoms with Crippen LogP contribution in [-0.4, -0.2) is 31.1 Å². The maximum Gasteiger partial charge on any atom is 0.419 e. The molecule has 53 valence electrons. The summed E-state index contributed by atoms with van der Waals surface area (Å²) < 4.78 is 8.65. The van der Waals surface area contributed by atoms with Crippen LogP contribution in [0, 0.1) is 0 Å². The van der Waals surface area contributed by atoms with Gasteiger partial charge in [-0.2, -0.15) is 0 Å². The molecule has 0 aliphatic heterocycles. The normalized spacial score (nSPS) is 12.7. The standard InChI is InChI=1S/C5H9O4/c1-5(7)2-8-4-9-3-6/h5,7H,2,4H2,1H3. The van der Waals surface area contributed by atoms with Gasteiger partial charge in [0.1, 0.15) is 0 Å². The first kappa shape index (κ1) is 8.39. The molecule has 0 aromatic rings. The van der Waals surface area contributed by atoms with E-state index in [0.717, 1.165) is 0 Å². The van der Waals surface area contributed by atoms with Gasteiger partial charge in [-0.3, -0.25) is 0 Å². The lowest BCUT2D eigenvalue weighted by atomic mass is 10.5. The Bertz CT molecular complexity index is 71.4. The van der Waals surface area contributed by atoms with Gasteiger partial charge in [-0.05, 0) is 6.92 Å². The van der Waals surface area contributed by atoms with Crippen molar-refractivity contribution in [2.75, 3.05) is 13.4 Å². The summed E-state index contributed by atoms with van der Waals surface area (Å²) in [5, 5.41) is 8.57. The van der Waals surface area contributed by atoms with Gasteiger partial charge < -0.3 is 14.6 Å². The monoisotopic (exact) mass is 133 g/mol. The van der Waals surface area contributed by atoms with Crippen molar-refractivity contribution in [1.82, 2.24) is 0 Å². The second kappa shape index (κ2) is 5.53. The molecule has 0 saturated carbocycles. The summed E-state index contributed by atoms with van der Waals surface area (Å²) in [4.78, 5) is 9.36. The summed E-state index contributed by atoms with van der Waals surface area (Å²) in [6.07, 6.45) is -0.528. The van der Waals surface area contributed by atoms with Gasteiger partial charge >= 0.3 is 6.47 Å². The molecule has 0 aromatic carbocycles. The van der Waals surface area contributed by atoms with E-state index in [4.69, 9.17) is 5.11 Å². The smallest absolute Gasteiger partial charge is 0.419 e. The minimum atomic E-state index is -0.528. The van der Waals surface area contributed by atoms with Gasteiger partial charge in [0.15, 0.2) is 6.79 Å². The third-order valence-electron chi connectivity index (χ3n) is 0.560. The second-order valence-corrected chi connectivity index (χ2v) is 1.57. The van der Waals surface area contributed by atoms with Crippen molar-refractivity contribution >= 4 is 6.47 Å². The van der Waals surface area contributed by atoms with Crippen molar-refractivity contribution in [3.8, 4) is 0 Å². The zero-order valence-corrected chi connectivity index (χ0v) is 5.16. The Balaban J connectivity index is 2.82. The summed E-state index contributed by atoms with van der Waals surface area (Å²) in [6.45, 7) is 2.78. The van der Waals surface area contributed by atoms with E-state index in [2.05, 4.69) is 9.47 Å². The van der Waals surface area contributed by atoms with E-state index >= 15 is 0 Å². The largest absolute Gasteiger partial charge is 0.430 e. The second-order valence-electron chi connectivity index (χ2n) is 1.57. The molecule has 9 heavy (non-hydrogen) atoms. The Hall–Kier alpha value is -0.610. The molecule has 0 aromatic heterocycles. The van der Waals surface area contributed by atoms with E-state index in [9.17, 15) is 4.79 Å². The molecule has 0 bridgehead atoms. The molecule has 0 heterocycles. The molecule has 4 heteroatoms. The van der Waals surface area contributed by atoms with Crippen molar-refractivity contribution < 1.29 is 19.4 Å². The van der Waals surface area contributed by atoms with Crippen molar-refractivity contribution in [1.29, 1.82) is 0 Å². The average molecular weight is 133 g/mol. The van der Waals surface area contributed by atoms with Gasteiger partial charge in [-0.1, -0.05) is 0 Å². The number of hydrogen-bond acceptors (Lipinski definition) is 4. The Labute approximate surface area is 53.4 Å². The number of aliphatic hydroxyl groups excluding tert-OH is 1. The molecular formula is C5H9O4. The van der Waals surface area contributed by atoms with E-state index < -0.39 is 6.10 Å². The van der Waals surface area contributed by atoms with Crippen molar-refractivity contribution in [2.45, 2.75) is 13.0 Å². The summed E-state index contributed by atoms with van der Waals surface area (Å²) >= 11 is 0. The number of hydrogen-bond donors (Lipinski definition) is 1. The lowest BCUT2D eigenvalue weighted by Crippen LogP contribution is -2.11. The first-order valence-electron chi connectivity index (χ1n) is 2.52. The van der Waals surface area contributed by atoms with Crippen LogP contribution in [0.5, 0.6) is 0 Å². The Morgan fingerprint density at radius 1 is 1.78 bits per heavy atom. The lowest BCUT2D eigenvalue weighted by Gasteiger charge is -2.02. The van der Waals surface area contributed by atoms with E-state index in [-0.39, 0.29) is 13.4 Å². The van der Waals surface area contributed by atoms with Crippen LogP contribution in [0.4, 0.5) is 0 Å². The molecule has 0 aliphatic carbocycles. The number of rotatable bonds is 5. The topological polar surface area (TPSA) is 55.8 Å². The van der Waals surface area contributed by atoms with Crippen LogP contribution < -0.4 is 0 Å². The minimum absolute atomic E-state index is 0.144. The molecule has 0 spiro atoms. The van der Waals surface area contributed by atoms with E-state index in [1.807, 2.05) is 0 Å². The SMILES string of the molecule is CC(O)COCO[C]=O. The Morgan fingerprint density at radius 3 is 2.89 bits per heavy atom. The predicted molar refractivity (Wildman–Crippen MR) is 29.3 cm³/mol. The highest BCUT2D eigenvalue weighted by atomic mass is 16.7. The molecular weight excluding hydrogens is 124 g/mol.